The summed E-state index contributed by atoms with van der Waals surface area (Å²) in [6.45, 7) is 1.76. The quantitative estimate of drug-likeness (QED) is 0.621. The Kier molecular flexibility index (Phi) is 2.33. The molecule has 0 unspecified atom stereocenters. The summed E-state index contributed by atoms with van der Waals surface area (Å²) >= 11 is 1.42. The highest BCUT2D eigenvalue weighted by Gasteiger charge is 2.36. The zero-order valence-corrected chi connectivity index (χ0v) is 6.74. The van der Waals surface area contributed by atoms with E-state index in [-0.39, 0.29) is 5.37 Å². The normalized spacial score (nSPS) is 30.5. The van der Waals surface area contributed by atoms with Crippen molar-refractivity contribution in [3.8, 4) is 0 Å². The highest BCUT2D eigenvalue weighted by Crippen LogP contribution is 2.28. The van der Waals surface area contributed by atoms with E-state index in [4.69, 9.17) is 5.11 Å². The highest BCUT2D eigenvalue weighted by molar-refractivity contribution is 8.00. The molecule has 1 fully saturated rings. The first-order chi connectivity index (χ1) is 5.16. The number of hydrogen-bond donors (Lipinski definition) is 1. The second-order valence-electron chi connectivity index (χ2n) is 2.25. The largest absolute Gasteiger partial charge is 0.480 e. The fourth-order valence-electron chi connectivity index (χ4n) is 0.944. The SMILES string of the molecule is C[C@H]1SC[C@H](C(=O)O)N1N=O. The number of carboxylic acid groups (broad SMARTS) is 1. The molecule has 1 saturated heterocycles. The van der Waals surface area contributed by atoms with E-state index in [2.05, 4.69) is 5.29 Å². The Morgan fingerprint density at radius 3 is 2.82 bits per heavy atom. The van der Waals surface area contributed by atoms with Gasteiger partial charge >= 0.3 is 5.97 Å². The van der Waals surface area contributed by atoms with Crippen LogP contribution in [0.15, 0.2) is 5.29 Å². The van der Waals surface area contributed by atoms with Gasteiger partial charge in [0.1, 0.15) is 0 Å². The van der Waals surface area contributed by atoms with Crippen LogP contribution in [0.25, 0.3) is 0 Å². The van der Waals surface area contributed by atoms with Crippen LogP contribution in [0.2, 0.25) is 0 Å². The van der Waals surface area contributed by atoms with Crippen molar-refractivity contribution in [1.82, 2.24) is 5.01 Å². The molecule has 0 aliphatic carbocycles. The van der Waals surface area contributed by atoms with Gasteiger partial charge in [0.05, 0.1) is 10.7 Å². The Morgan fingerprint density at radius 1 is 1.82 bits per heavy atom. The smallest absolute Gasteiger partial charge is 0.329 e. The first-order valence-electron chi connectivity index (χ1n) is 3.13. The summed E-state index contributed by atoms with van der Waals surface area (Å²) in [5.74, 6) is -0.552. The predicted molar refractivity (Wildman–Crippen MR) is 41.0 cm³/mol. The van der Waals surface area contributed by atoms with Gasteiger partial charge in [0.2, 0.25) is 0 Å². The van der Waals surface area contributed by atoms with E-state index in [9.17, 15) is 9.70 Å². The molecule has 11 heavy (non-hydrogen) atoms. The Morgan fingerprint density at radius 2 is 2.45 bits per heavy atom. The van der Waals surface area contributed by atoms with Crippen LogP contribution in [0.5, 0.6) is 0 Å². The summed E-state index contributed by atoms with van der Waals surface area (Å²) in [6.07, 6.45) is 0. The van der Waals surface area contributed by atoms with E-state index in [1.807, 2.05) is 0 Å². The summed E-state index contributed by atoms with van der Waals surface area (Å²) in [6, 6.07) is -0.743. The molecule has 0 bridgehead atoms. The third-order valence-electron chi connectivity index (χ3n) is 1.57. The van der Waals surface area contributed by atoms with Gasteiger partial charge < -0.3 is 5.11 Å². The minimum absolute atomic E-state index is 0.117. The number of hydrogen-bond acceptors (Lipinski definition) is 4. The van der Waals surface area contributed by atoms with Crippen LogP contribution in [-0.2, 0) is 4.79 Å². The minimum atomic E-state index is -0.985. The van der Waals surface area contributed by atoms with Crippen LogP contribution >= 0.6 is 11.8 Å². The molecule has 2 atom stereocenters. The molecule has 1 heterocycles. The summed E-state index contributed by atoms with van der Waals surface area (Å²) < 4.78 is 0. The van der Waals surface area contributed by atoms with Crippen molar-refractivity contribution >= 4 is 17.7 Å². The molecule has 1 rings (SSSR count). The molecule has 0 amide bonds. The maximum atomic E-state index is 10.5. The first kappa shape index (κ1) is 8.32. The molecule has 0 aromatic carbocycles. The zero-order valence-electron chi connectivity index (χ0n) is 5.93. The first-order valence-corrected chi connectivity index (χ1v) is 4.17. The number of carbonyl (C=O) groups is 1. The van der Waals surface area contributed by atoms with Crippen molar-refractivity contribution in [2.24, 2.45) is 5.29 Å². The maximum absolute atomic E-state index is 10.5. The Bertz CT molecular complexity index is 187. The molecule has 0 saturated carbocycles. The second kappa shape index (κ2) is 3.08. The molecule has 0 radical (unpaired) electrons. The minimum Gasteiger partial charge on any atom is -0.480 e. The van der Waals surface area contributed by atoms with Crippen LogP contribution in [0, 0.1) is 4.91 Å². The number of carboxylic acids is 1. The van der Waals surface area contributed by atoms with Crippen molar-refractivity contribution < 1.29 is 9.90 Å². The molecule has 1 N–H and O–H groups in total. The van der Waals surface area contributed by atoms with E-state index in [0.717, 1.165) is 5.01 Å². The van der Waals surface area contributed by atoms with Crippen LogP contribution in [0.1, 0.15) is 6.92 Å². The standard InChI is InChI=1S/C5H8N2O3S/c1-3-7(6-10)4(2-11-3)5(8)9/h3-4H,2H2,1H3,(H,8,9)/t3-,4-/m1/s1. The monoisotopic (exact) mass is 176 g/mol. The summed E-state index contributed by atoms with van der Waals surface area (Å²) in [7, 11) is 0. The number of nitroso groups, excluding NO2 is 1. The van der Waals surface area contributed by atoms with Gasteiger partial charge in [-0.2, -0.15) is 0 Å². The van der Waals surface area contributed by atoms with Gasteiger partial charge in [-0.15, -0.1) is 16.7 Å². The number of rotatable bonds is 2. The van der Waals surface area contributed by atoms with Crippen molar-refractivity contribution in [3.05, 3.63) is 4.91 Å². The molecule has 6 heteroatoms. The van der Waals surface area contributed by atoms with Gasteiger partial charge in [-0.1, -0.05) is 0 Å². The van der Waals surface area contributed by atoms with Crippen LogP contribution in [-0.4, -0.2) is 33.3 Å². The number of thioether (sulfide) groups is 1. The molecular weight excluding hydrogens is 168 g/mol. The Balaban J connectivity index is 2.68. The average Bonchev–Trinajstić information content (AvgIpc) is 2.30. The fraction of sp³-hybridized carbons (Fsp3) is 0.800. The van der Waals surface area contributed by atoms with Crippen LogP contribution < -0.4 is 0 Å². The van der Waals surface area contributed by atoms with Crippen LogP contribution in [0.3, 0.4) is 0 Å². The van der Waals surface area contributed by atoms with E-state index in [0.29, 0.717) is 5.75 Å². The lowest BCUT2D eigenvalue weighted by Gasteiger charge is -2.15. The molecule has 5 nitrogen and oxygen atoms in total. The molecule has 0 spiro atoms. The highest BCUT2D eigenvalue weighted by atomic mass is 32.2. The van der Waals surface area contributed by atoms with E-state index in [1.54, 1.807) is 6.92 Å². The number of nitrogens with zero attached hydrogens (tertiary/aromatic N) is 2. The summed E-state index contributed by atoms with van der Waals surface area (Å²) in [5, 5.41) is 12.2. The van der Waals surface area contributed by atoms with E-state index < -0.39 is 12.0 Å². The molecule has 1 aliphatic heterocycles. The molecular formula is C5H8N2O3S. The molecule has 62 valence electrons. The average molecular weight is 176 g/mol. The van der Waals surface area contributed by atoms with Crippen molar-refractivity contribution in [2.45, 2.75) is 18.3 Å². The van der Waals surface area contributed by atoms with Gasteiger partial charge in [0.25, 0.3) is 0 Å². The Hall–Kier alpha value is -0.780. The predicted octanol–water partition coefficient (Wildman–Crippen LogP) is 0.516. The third kappa shape index (κ3) is 1.45. The fourth-order valence-corrected chi connectivity index (χ4v) is 2.04. The van der Waals surface area contributed by atoms with Gasteiger partial charge in [-0.05, 0) is 6.92 Å². The Labute approximate surface area is 67.7 Å². The molecule has 0 aromatic heterocycles. The van der Waals surface area contributed by atoms with Gasteiger partial charge in [0.15, 0.2) is 6.04 Å². The van der Waals surface area contributed by atoms with Gasteiger partial charge in [-0.25, -0.2) is 9.80 Å². The van der Waals surface area contributed by atoms with Crippen LogP contribution in [0.4, 0.5) is 0 Å². The zero-order chi connectivity index (χ0) is 8.43. The lowest BCUT2D eigenvalue weighted by atomic mass is 10.3. The summed E-state index contributed by atoms with van der Waals surface area (Å²) in [5.41, 5.74) is 0. The molecule has 0 aromatic rings. The molecule has 1 aliphatic rings. The lowest BCUT2D eigenvalue weighted by Crippen LogP contribution is -2.36. The van der Waals surface area contributed by atoms with Crippen molar-refractivity contribution in [1.29, 1.82) is 0 Å². The topological polar surface area (TPSA) is 70.0 Å². The van der Waals surface area contributed by atoms with Crippen molar-refractivity contribution in [3.63, 3.8) is 0 Å². The maximum Gasteiger partial charge on any atom is 0.329 e. The second-order valence-corrected chi connectivity index (χ2v) is 3.60. The van der Waals surface area contributed by atoms with Crippen molar-refractivity contribution in [2.75, 3.05) is 5.75 Å². The number of aliphatic carboxylic acids is 1. The summed E-state index contributed by atoms with van der Waals surface area (Å²) in [4.78, 5) is 20.6. The lowest BCUT2D eigenvalue weighted by molar-refractivity contribution is -0.142. The van der Waals surface area contributed by atoms with Gasteiger partial charge in [-0.3, -0.25) is 0 Å². The van der Waals surface area contributed by atoms with Gasteiger partial charge in [0, 0.05) is 5.75 Å². The third-order valence-corrected chi connectivity index (χ3v) is 2.77. The van der Waals surface area contributed by atoms with E-state index >= 15 is 0 Å². The van der Waals surface area contributed by atoms with E-state index in [1.165, 1.54) is 11.8 Å².